The van der Waals surface area contributed by atoms with Crippen LogP contribution in [0, 0.1) is 23.7 Å². The predicted octanol–water partition coefficient (Wildman–Crippen LogP) is 6.64. The first-order valence-corrected chi connectivity index (χ1v) is 12.8. The lowest BCUT2D eigenvalue weighted by atomic mass is 9.90. The van der Waals surface area contributed by atoms with Crippen LogP contribution in [0.4, 0.5) is 0 Å². The molecule has 1 fully saturated rings. The first kappa shape index (κ1) is 23.7. The molecule has 0 N–H and O–H groups in total. The summed E-state index contributed by atoms with van der Waals surface area (Å²) in [6, 6.07) is 0. The van der Waals surface area contributed by atoms with E-state index in [1.807, 2.05) is 0 Å². The summed E-state index contributed by atoms with van der Waals surface area (Å²) in [5.41, 5.74) is 0. The van der Waals surface area contributed by atoms with Crippen molar-refractivity contribution in [3.63, 3.8) is 0 Å². The second-order valence-electron chi connectivity index (χ2n) is 9.83. The summed E-state index contributed by atoms with van der Waals surface area (Å²) >= 11 is 0. The van der Waals surface area contributed by atoms with Gasteiger partial charge in [0.05, 0.1) is 0 Å². The molecule has 0 spiro atoms. The van der Waals surface area contributed by atoms with E-state index in [2.05, 4.69) is 48.6 Å². The van der Waals surface area contributed by atoms with Crippen molar-refractivity contribution in [1.29, 1.82) is 0 Å². The molecule has 0 aromatic carbocycles. The number of ether oxygens (including phenoxy) is 3. The van der Waals surface area contributed by atoms with Gasteiger partial charge in [-0.3, -0.25) is 0 Å². The molecule has 176 valence electrons. The minimum absolute atomic E-state index is 0.101. The molecule has 1 heterocycles. The van der Waals surface area contributed by atoms with Crippen LogP contribution in [0.2, 0.25) is 0 Å². The van der Waals surface area contributed by atoms with Crippen molar-refractivity contribution >= 4 is 6.29 Å². The van der Waals surface area contributed by atoms with Crippen molar-refractivity contribution in [2.45, 2.75) is 95.9 Å². The van der Waals surface area contributed by atoms with Gasteiger partial charge in [-0.2, -0.15) is 0 Å². The number of rotatable bonds is 4. The fourth-order valence-electron chi connectivity index (χ4n) is 5.29. The predicted molar refractivity (Wildman–Crippen MR) is 127 cm³/mol. The van der Waals surface area contributed by atoms with Gasteiger partial charge >= 0.3 is 0 Å². The highest BCUT2D eigenvalue weighted by molar-refractivity contribution is 5.54. The molecule has 4 atom stereocenters. The summed E-state index contributed by atoms with van der Waals surface area (Å²) in [4.78, 5) is 10.1. The van der Waals surface area contributed by atoms with Gasteiger partial charge in [-0.05, 0) is 77.0 Å². The van der Waals surface area contributed by atoms with Crippen molar-refractivity contribution < 1.29 is 19.0 Å². The third-order valence-corrected chi connectivity index (χ3v) is 7.39. The van der Waals surface area contributed by atoms with Gasteiger partial charge in [0.1, 0.15) is 6.29 Å². The lowest BCUT2D eigenvalue weighted by molar-refractivity contribution is -0.415. The number of allylic oxidation sites excluding steroid dienone is 8. The van der Waals surface area contributed by atoms with Crippen LogP contribution in [0.1, 0.15) is 77.0 Å². The SMILES string of the molecule is C1=CCC(C2OC(C3CC=CCC3)OC(C3CC=CCC3)O2)CC1.O=CC1CC=CCC1. The summed E-state index contributed by atoms with van der Waals surface area (Å²) in [6.07, 6.45) is 31.9. The highest BCUT2D eigenvalue weighted by atomic mass is 16.9. The van der Waals surface area contributed by atoms with E-state index in [0.717, 1.165) is 83.3 Å². The van der Waals surface area contributed by atoms with E-state index in [0.29, 0.717) is 23.7 Å². The molecule has 5 aliphatic rings. The Morgan fingerprint density at radius 3 is 1.12 bits per heavy atom. The lowest BCUT2D eigenvalue weighted by Gasteiger charge is -2.44. The summed E-state index contributed by atoms with van der Waals surface area (Å²) < 4.78 is 19.1. The maximum Gasteiger partial charge on any atom is 0.167 e. The van der Waals surface area contributed by atoms with Gasteiger partial charge in [-0.25, -0.2) is 0 Å². The molecule has 4 unspecified atom stereocenters. The summed E-state index contributed by atoms with van der Waals surface area (Å²) in [5, 5.41) is 0. The molecule has 1 saturated heterocycles. The zero-order valence-corrected chi connectivity index (χ0v) is 19.4. The number of carbonyl (C=O) groups is 1. The second kappa shape index (κ2) is 12.7. The Bertz CT molecular complexity index is 616. The Balaban J connectivity index is 0.000000260. The molecule has 32 heavy (non-hydrogen) atoms. The Hall–Kier alpha value is -1.49. The molecular formula is C28H40O4. The molecule has 0 aromatic rings. The van der Waals surface area contributed by atoms with Gasteiger partial charge in [0.25, 0.3) is 0 Å². The Morgan fingerprint density at radius 2 is 0.875 bits per heavy atom. The third-order valence-electron chi connectivity index (χ3n) is 7.39. The van der Waals surface area contributed by atoms with Crippen LogP contribution in [-0.2, 0) is 19.0 Å². The van der Waals surface area contributed by atoms with Crippen molar-refractivity contribution in [2.24, 2.45) is 23.7 Å². The first-order valence-electron chi connectivity index (χ1n) is 12.8. The first-order chi connectivity index (χ1) is 15.8. The molecule has 5 rings (SSSR count). The van der Waals surface area contributed by atoms with Crippen LogP contribution in [-0.4, -0.2) is 25.2 Å². The van der Waals surface area contributed by atoms with Gasteiger partial charge < -0.3 is 19.0 Å². The van der Waals surface area contributed by atoms with Crippen molar-refractivity contribution in [3.05, 3.63) is 48.6 Å². The minimum atomic E-state index is -0.101. The average Bonchev–Trinajstić information content (AvgIpc) is 2.91. The maximum atomic E-state index is 10.1. The van der Waals surface area contributed by atoms with Gasteiger partial charge in [0.2, 0.25) is 0 Å². The van der Waals surface area contributed by atoms with E-state index in [4.69, 9.17) is 14.2 Å². The van der Waals surface area contributed by atoms with E-state index < -0.39 is 0 Å². The molecule has 0 radical (unpaired) electrons. The zero-order chi connectivity index (χ0) is 22.0. The van der Waals surface area contributed by atoms with E-state index in [-0.39, 0.29) is 18.9 Å². The number of carbonyl (C=O) groups excluding carboxylic acids is 1. The molecule has 4 heteroatoms. The van der Waals surface area contributed by atoms with Gasteiger partial charge in [0.15, 0.2) is 18.9 Å². The Labute approximate surface area is 193 Å². The Kier molecular flexibility index (Phi) is 9.37. The molecule has 4 aliphatic carbocycles. The smallest absolute Gasteiger partial charge is 0.167 e. The topological polar surface area (TPSA) is 44.8 Å². The van der Waals surface area contributed by atoms with E-state index in [1.54, 1.807) is 0 Å². The van der Waals surface area contributed by atoms with E-state index in [1.165, 1.54) is 0 Å². The highest BCUT2D eigenvalue weighted by Gasteiger charge is 2.41. The van der Waals surface area contributed by atoms with Gasteiger partial charge in [0, 0.05) is 23.7 Å². The normalized spacial score (nSPS) is 39.2. The largest absolute Gasteiger partial charge is 0.323 e. The number of aldehydes is 1. The fourth-order valence-corrected chi connectivity index (χ4v) is 5.29. The average molecular weight is 441 g/mol. The van der Waals surface area contributed by atoms with E-state index in [9.17, 15) is 4.79 Å². The lowest BCUT2D eigenvalue weighted by Crippen LogP contribution is -2.49. The van der Waals surface area contributed by atoms with Crippen LogP contribution >= 0.6 is 0 Å². The Morgan fingerprint density at radius 1 is 0.500 bits per heavy atom. The molecule has 1 aliphatic heterocycles. The summed E-state index contributed by atoms with van der Waals surface area (Å²) in [6.45, 7) is 0. The molecule has 0 amide bonds. The number of hydrogen-bond acceptors (Lipinski definition) is 4. The maximum absolute atomic E-state index is 10.1. The quantitative estimate of drug-likeness (QED) is 0.363. The van der Waals surface area contributed by atoms with Gasteiger partial charge in [-0.15, -0.1) is 0 Å². The second-order valence-corrected chi connectivity index (χ2v) is 9.83. The molecule has 0 aromatic heterocycles. The highest BCUT2D eigenvalue weighted by Crippen LogP contribution is 2.38. The summed E-state index contributed by atoms with van der Waals surface area (Å²) in [7, 11) is 0. The van der Waals surface area contributed by atoms with Crippen LogP contribution in [0.3, 0.4) is 0 Å². The number of hydrogen-bond donors (Lipinski definition) is 0. The van der Waals surface area contributed by atoms with Crippen LogP contribution in [0.5, 0.6) is 0 Å². The third kappa shape index (κ3) is 6.76. The van der Waals surface area contributed by atoms with Crippen molar-refractivity contribution in [1.82, 2.24) is 0 Å². The van der Waals surface area contributed by atoms with Crippen molar-refractivity contribution in [3.8, 4) is 0 Å². The standard InChI is InChI=1S/C21H30O3.C7H10O/c1-4-10-16(11-5-1)19-22-20(17-12-6-2-7-13-17)24-21(23-19)18-14-8-3-9-15-18;8-6-7-4-2-1-3-5-7/h1-4,6,8,16-21H,5,7,9-15H2;1-2,6-7H,3-5H2. The monoisotopic (exact) mass is 440 g/mol. The zero-order valence-electron chi connectivity index (χ0n) is 19.4. The van der Waals surface area contributed by atoms with E-state index >= 15 is 0 Å². The molecular weight excluding hydrogens is 400 g/mol. The minimum Gasteiger partial charge on any atom is -0.323 e. The fraction of sp³-hybridized carbons (Fsp3) is 0.679. The molecule has 0 saturated carbocycles. The summed E-state index contributed by atoms with van der Waals surface area (Å²) in [5.74, 6) is 1.74. The molecule has 4 nitrogen and oxygen atoms in total. The van der Waals surface area contributed by atoms with Crippen LogP contribution in [0.25, 0.3) is 0 Å². The van der Waals surface area contributed by atoms with Gasteiger partial charge in [-0.1, -0.05) is 48.6 Å². The van der Waals surface area contributed by atoms with Crippen LogP contribution < -0.4 is 0 Å². The van der Waals surface area contributed by atoms with Crippen LogP contribution in [0.15, 0.2) is 48.6 Å². The molecule has 0 bridgehead atoms. The van der Waals surface area contributed by atoms with Crippen molar-refractivity contribution in [2.75, 3.05) is 0 Å².